The van der Waals surface area contributed by atoms with Crippen LogP contribution in [0.5, 0.6) is 0 Å². The minimum Gasteiger partial charge on any atom is -0.456 e. The summed E-state index contributed by atoms with van der Waals surface area (Å²) in [7, 11) is -4.94. The minimum absolute atomic E-state index is 0.909. The van der Waals surface area contributed by atoms with Gasteiger partial charge in [0.2, 0.25) is 0 Å². The van der Waals surface area contributed by atoms with Crippen molar-refractivity contribution in [1.29, 1.82) is 0 Å². The van der Waals surface area contributed by atoms with Crippen LogP contribution in [0.25, 0.3) is 39.7 Å². The maximum absolute atomic E-state index is 8.49. The molecule has 0 atom stereocenters. The van der Waals surface area contributed by atoms with Crippen molar-refractivity contribution in [2.24, 2.45) is 0 Å². The van der Waals surface area contributed by atoms with E-state index >= 15 is 0 Å². The van der Waals surface area contributed by atoms with Crippen LogP contribution in [0.2, 0.25) is 0 Å². The van der Waals surface area contributed by atoms with Gasteiger partial charge in [-0.1, -0.05) is 103 Å². The molecular weight excluding hydrogens is 648 g/mol. The molecule has 0 bridgehead atoms. The van der Waals surface area contributed by atoms with Gasteiger partial charge in [0.1, 0.15) is 11.5 Å². The highest BCUT2D eigenvalue weighted by Crippen LogP contribution is 2.46. The van der Waals surface area contributed by atoms with Gasteiger partial charge in [-0.15, -0.1) is 10.2 Å². The van der Waals surface area contributed by atoms with Crippen molar-refractivity contribution in [2.45, 2.75) is 38.5 Å². The Bertz CT molecular complexity index is 2090. The molecule has 0 saturated heterocycles. The van der Waals surface area contributed by atoms with Crippen LogP contribution >= 0.6 is 0 Å². The van der Waals surface area contributed by atoms with Gasteiger partial charge in [-0.05, 0) is 91.1 Å². The van der Waals surface area contributed by atoms with Crippen molar-refractivity contribution >= 4 is 17.1 Å². The monoisotopic (exact) mass is 682 g/mol. The van der Waals surface area contributed by atoms with E-state index in [1.807, 2.05) is 0 Å². The summed E-state index contributed by atoms with van der Waals surface area (Å²) >= 11 is 0. The molecule has 50 heavy (non-hydrogen) atoms. The van der Waals surface area contributed by atoms with E-state index in [1.54, 1.807) is 0 Å². The smallest absolute Gasteiger partial charge is 0.364 e. The van der Waals surface area contributed by atoms with Gasteiger partial charge < -0.3 is 4.74 Å². The summed E-state index contributed by atoms with van der Waals surface area (Å²) in [5, 5.41) is 0. The molecule has 0 N–H and O–H groups in total. The predicted octanol–water partition coefficient (Wildman–Crippen LogP) is 6.82. The van der Waals surface area contributed by atoms with Crippen molar-refractivity contribution in [3.63, 3.8) is 0 Å². The average molecular weight is 683 g/mol. The molecule has 0 radical (unpaired) electrons. The topological polar surface area (TPSA) is 113 Å². The largest absolute Gasteiger partial charge is 0.456 e. The van der Waals surface area contributed by atoms with Crippen LogP contribution in [0.1, 0.15) is 54.4 Å². The molecule has 0 amide bonds. The summed E-state index contributed by atoms with van der Waals surface area (Å²) in [6.45, 7) is 0. The van der Waals surface area contributed by atoms with E-state index < -0.39 is 10.2 Å². The Morgan fingerprint density at radius 2 is 1.14 bits per heavy atom. The van der Waals surface area contributed by atoms with Crippen LogP contribution in [-0.4, -0.2) is 0 Å². The molecule has 0 fully saturated rings. The number of rotatable bonds is 5. The van der Waals surface area contributed by atoms with Crippen molar-refractivity contribution in [2.75, 3.05) is 0 Å². The van der Waals surface area contributed by atoms with Gasteiger partial charge in [0, 0.05) is 16.7 Å². The number of benzene rings is 4. The molecule has 8 rings (SSSR count). The lowest BCUT2D eigenvalue weighted by molar-refractivity contribution is -2.00. The highest BCUT2D eigenvalue weighted by molar-refractivity contribution is 5.84. The van der Waals surface area contributed by atoms with Gasteiger partial charge in [0.25, 0.3) is 0 Å². The zero-order valence-corrected chi connectivity index (χ0v) is 28.1. The highest BCUT2D eigenvalue weighted by atomic mass is 35.7. The molecule has 1 aliphatic heterocycles. The first-order chi connectivity index (χ1) is 24.3. The second kappa shape index (κ2) is 14.8. The van der Waals surface area contributed by atoms with Crippen molar-refractivity contribution in [1.82, 2.24) is 0 Å². The number of hydrogen-bond donors (Lipinski definition) is 0. The third-order valence-corrected chi connectivity index (χ3v) is 9.15. The molecule has 7 heteroatoms. The van der Waals surface area contributed by atoms with Gasteiger partial charge in [-0.25, -0.2) is 23.1 Å². The Morgan fingerprint density at radius 3 is 1.76 bits per heavy atom. The van der Waals surface area contributed by atoms with E-state index in [9.17, 15) is 0 Å². The summed E-state index contributed by atoms with van der Waals surface area (Å²) in [6, 6.07) is 44.5. The summed E-state index contributed by atoms with van der Waals surface area (Å²) in [4.78, 5) is 0. The van der Waals surface area contributed by atoms with Crippen LogP contribution in [0.3, 0.4) is 0 Å². The number of allylic oxidation sites excluding steroid dienone is 6. The molecule has 4 aromatic carbocycles. The van der Waals surface area contributed by atoms with E-state index in [0.29, 0.717) is 0 Å². The number of halogens is 1. The predicted molar refractivity (Wildman–Crippen MR) is 185 cm³/mol. The summed E-state index contributed by atoms with van der Waals surface area (Å²) in [5.74, 6) is 3.80. The normalized spacial score (nSPS) is 16.5. The summed E-state index contributed by atoms with van der Waals surface area (Å²) in [6.07, 6.45) is 11.1. The fraction of sp³-hybridized carbons (Fsp3) is 0.140. The van der Waals surface area contributed by atoms with Crippen molar-refractivity contribution in [3.8, 4) is 22.6 Å². The Morgan fingerprint density at radius 1 is 0.600 bits per heavy atom. The Kier molecular flexibility index (Phi) is 9.90. The lowest BCUT2D eigenvalue weighted by Crippen LogP contribution is -2.68. The van der Waals surface area contributed by atoms with E-state index in [4.69, 9.17) is 27.8 Å². The van der Waals surface area contributed by atoms with E-state index in [1.165, 1.54) is 33.4 Å². The van der Waals surface area contributed by atoms with Gasteiger partial charge in [-0.2, -0.15) is 0 Å². The van der Waals surface area contributed by atoms with Crippen LogP contribution in [0.4, 0.5) is 0 Å². The van der Waals surface area contributed by atoms with Crippen LogP contribution in [0, 0.1) is 10.2 Å². The molecule has 1 aromatic heterocycles. The SMILES string of the molecule is C1=C(c2ccccc2)OC(c2ccccc2)=C2CCCC(/C=C3\CCCc4c3cc(-c3ccccc3)[o+]c4-c3ccccc3)=C12.[O-][Cl+3]([O-])([O-])[O-]. The zero-order chi connectivity index (χ0) is 34.5. The Hall–Kier alpha value is -5.08. The summed E-state index contributed by atoms with van der Waals surface area (Å²) < 4.78 is 47.4. The quantitative estimate of drug-likeness (QED) is 0.188. The van der Waals surface area contributed by atoms with Crippen LogP contribution in [-0.2, 0) is 11.2 Å². The maximum Gasteiger partial charge on any atom is 0.364 e. The molecule has 3 aliphatic rings. The Balaban J connectivity index is 0.000000734. The first-order valence-electron chi connectivity index (χ1n) is 16.7. The van der Waals surface area contributed by atoms with E-state index in [0.717, 1.165) is 83.8 Å². The van der Waals surface area contributed by atoms with Gasteiger partial charge in [-0.3, -0.25) is 0 Å². The van der Waals surface area contributed by atoms with Crippen molar-refractivity contribution < 1.29 is 38.0 Å². The highest BCUT2D eigenvalue weighted by Gasteiger charge is 2.31. The second-order valence-electron chi connectivity index (χ2n) is 12.4. The molecule has 0 unspecified atom stereocenters. The molecule has 250 valence electrons. The van der Waals surface area contributed by atoms with Gasteiger partial charge >= 0.3 is 11.5 Å². The minimum atomic E-state index is -4.94. The molecule has 2 aliphatic carbocycles. The fourth-order valence-electron chi connectivity index (χ4n) is 6.98. The van der Waals surface area contributed by atoms with E-state index in [-0.39, 0.29) is 0 Å². The second-order valence-corrected chi connectivity index (χ2v) is 13.2. The standard InChI is InChI=1S/C43H35O2.ClHO4/c1-5-15-30(16-6-1)40-28-38-34(23-13-25-36(38)42(44-40)32-19-9-3-10-20-32)27-35-24-14-26-37-39(35)29-41(31-17-7-2-8-18-31)45-43(37)33-21-11-4-12-22-33;2-1(3,4)5/h1-12,15-22,27-29H,13-14,23-26H2;(H,2,3,4,5)/q+1;/p-1. The number of ether oxygens (including phenoxy) is 1. The molecule has 0 spiro atoms. The third-order valence-electron chi connectivity index (χ3n) is 9.15. The zero-order valence-electron chi connectivity index (χ0n) is 27.3. The summed E-state index contributed by atoms with van der Waals surface area (Å²) in [5.41, 5.74) is 12.5. The lowest BCUT2D eigenvalue weighted by Gasteiger charge is -2.29. The molecule has 2 heterocycles. The maximum atomic E-state index is 8.49. The third kappa shape index (κ3) is 7.71. The van der Waals surface area contributed by atoms with Crippen LogP contribution < -0.4 is 18.6 Å². The van der Waals surface area contributed by atoms with Gasteiger partial charge in [0.05, 0.1) is 22.8 Å². The Labute approximate surface area is 294 Å². The van der Waals surface area contributed by atoms with Gasteiger partial charge in [0.15, 0.2) is 0 Å². The first-order valence-corrected chi connectivity index (χ1v) is 18.0. The van der Waals surface area contributed by atoms with E-state index in [2.05, 4.69) is 140 Å². The molecule has 5 aromatic rings. The first kappa shape index (κ1) is 33.4. The van der Waals surface area contributed by atoms with Crippen molar-refractivity contribution in [3.05, 3.63) is 179 Å². The lowest BCUT2D eigenvalue weighted by atomic mass is 9.80. The molecule has 0 saturated carbocycles. The molecule has 6 nitrogen and oxygen atoms in total. The number of hydrogen-bond acceptors (Lipinski definition) is 5. The van der Waals surface area contributed by atoms with Crippen LogP contribution in [0.15, 0.2) is 161 Å². The molecular formula is C43H35ClO6. The average Bonchev–Trinajstić information content (AvgIpc) is 3.15. The number of fused-ring (bicyclic) bond motifs is 2. The fourth-order valence-corrected chi connectivity index (χ4v) is 6.98.